The maximum atomic E-state index is 13.2. The molecule has 4 rings (SSSR count). The van der Waals surface area contributed by atoms with E-state index >= 15 is 0 Å². The van der Waals surface area contributed by atoms with Crippen LogP contribution in [0.25, 0.3) is 0 Å². The summed E-state index contributed by atoms with van der Waals surface area (Å²) < 4.78 is 17.2. The highest BCUT2D eigenvalue weighted by atomic mass is 16.5. The predicted octanol–water partition coefficient (Wildman–Crippen LogP) is 2.90. The van der Waals surface area contributed by atoms with Crippen LogP contribution in [0.5, 0.6) is 11.5 Å². The maximum absolute atomic E-state index is 13.2. The van der Waals surface area contributed by atoms with Gasteiger partial charge in [-0.15, -0.1) is 0 Å². The third-order valence-corrected chi connectivity index (χ3v) is 6.79. The van der Waals surface area contributed by atoms with Crippen molar-refractivity contribution in [1.82, 2.24) is 10.2 Å². The largest absolute Gasteiger partial charge is 0.492 e. The molecule has 1 aliphatic carbocycles. The predicted molar refractivity (Wildman–Crippen MR) is 131 cm³/mol. The van der Waals surface area contributed by atoms with E-state index in [2.05, 4.69) is 15.5 Å². The second-order valence-corrected chi connectivity index (χ2v) is 9.15. The van der Waals surface area contributed by atoms with Crippen molar-refractivity contribution >= 4 is 29.2 Å². The Hall–Kier alpha value is -3.01. The molecule has 2 N–H and O–H groups in total. The molecule has 1 saturated carbocycles. The van der Waals surface area contributed by atoms with E-state index in [0.29, 0.717) is 56.5 Å². The molecule has 3 aliphatic rings. The lowest BCUT2D eigenvalue weighted by Crippen LogP contribution is -2.47. The number of benzene rings is 1. The van der Waals surface area contributed by atoms with Crippen molar-refractivity contribution in [2.45, 2.75) is 57.9 Å². The van der Waals surface area contributed by atoms with Crippen LogP contribution in [-0.4, -0.2) is 74.3 Å². The summed E-state index contributed by atoms with van der Waals surface area (Å²) in [6, 6.07) is 3.11. The van der Waals surface area contributed by atoms with Gasteiger partial charge in [0.05, 0.1) is 37.8 Å². The molecule has 35 heavy (non-hydrogen) atoms. The van der Waals surface area contributed by atoms with Gasteiger partial charge in [-0.1, -0.05) is 25.7 Å². The summed E-state index contributed by atoms with van der Waals surface area (Å²) in [5.74, 6) is 0.354. The highest BCUT2D eigenvalue weighted by Crippen LogP contribution is 2.39. The highest BCUT2D eigenvalue weighted by Gasteiger charge is 2.51. The molecular weight excluding hydrogens is 452 g/mol. The van der Waals surface area contributed by atoms with Gasteiger partial charge in [0.1, 0.15) is 23.6 Å². The molecule has 4 amide bonds. The fourth-order valence-electron chi connectivity index (χ4n) is 5.07. The second-order valence-electron chi connectivity index (χ2n) is 9.15. The van der Waals surface area contributed by atoms with E-state index in [0.717, 1.165) is 49.4 Å². The smallest absolute Gasteiger partial charge is 0.325 e. The van der Waals surface area contributed by atoms with Crippen LogP contribution in [0.4, 0.5) is 16.2 Å². The number of hydrogen-bond donors (Lipinski definition) is 2. The number of urea groups is 1. The molecule has 2 heterocycles. The van der Waals surface area contributed by atoms with Crippen molar-refractivity contribution in [3.05, 3.63) is 12.1 Å². The molecule has 0 atom stereocenters. The molecule has 10 nitrogen and oxygen atoms in total. The molecule has 1 aromatic rings. The Labute approximate surface area is 206 Å². The van der Waals surface area contributed by atoms with Crippen LogP contribution in [0.2, 0.25) is 0 Å². The third kappa shape index (κ3) is 5.47. The summed E-state index contributed by atoms with van der Waals surface area (Å²) in [6.07, 6.45) is 5.11. The van der Waals surface area contributed by atoms with Crippen LogP contribution in [0.1, 0.15) is 52.4 Å². The summed E-state index contributed by atoms with van der Waals surface area (Å²) >= 11 is 0. The summed E-state index contributed by atoms with van der Waals surface area (Å²) in [7, 11) is 0. The number of morpholine rings is 1. The molecule has 0 radical (unpaired) electrons. The van der Waals surface area contributed by atoms with Crippen molar-refractivity contribution in [2.24, 2.45) is 0 Å². The van der Waals surface area contributed by atoms with Crippen molar-refractivity contribution in [1.29, 1.82) is 0 Å². The van der Waals surface area contributed by atoms with Crippen LogP contribution in [0.3, 0.4) is 0 Å². The van der Waals surface area contributed by atoms with Gasteiger partial charge in [-0.05, 0) is 26.7 Å². The zero-order valence-corrected chi connectivity index (χ0v) is 20.7. The molecule has 0 aromatic heterocycles. The second kappa shape index (κ2) is 11.2. The van der Waals surface area contributed by atoms with Crippen LogP contribution in [-0.2, 0) is 14.3 Å². The van der Waals surface area contributed by atoms with E-state index in [1.165, 1.54) is 0 Å². The number of nitrogens with zero attached hydrogens (tertiary/aromatic N) is 2. The molecule has 3 fully saturated rings. The van der Waals surface area contributed by atoms with E-state index in [4.69, 9.17) is 14.2 Å². The Bertz CT molecular complexity index is 938. The van der Waals surface area contributed by atoms with Gasteiger partial charge in [0, 0.05) is 25.2 Å². The molecule has 2 saturated heterocycles. The SMILES string of the molecule is CCOc1cc(N2CCOCC2)c(OCC)cc1NC(=O)CN1C(=O)NC2(CCCCCC2)C1=O. The van der Waals surface area contributed by atoms with Crippen molar-refractivity contribution in [3.63, 3.8) is 0 Å². The van der Waals surface area contributed by atoms with E-state index in [1.54, 1.807) is 6.07 Å². The highest BCUT2D eigenvalue weighted by molar-refractivity contribution is 6.10. The molecule has 1 aromatic carbocycles. The van der Waals surface area contributed by atoms with Crippen LogP contribution >= 0.6 is 0 Å². The lowest BCUT2D eigenvalue weighted by molar-refractivity contribution is -0.134. The fourth-order valence-corrected chi connectivity index (χ4v) is 5.07. The number of imide groups is 1. The number of carbonyl (C=O) groups excluding carboxylic acids is 3. The Morgan fingerprint density at radius 2 is 1.69 bits per heavy atom. The van der Waals surface area contributed by atoms with E-state index < -0.39 is 17.5 Å². The minimum atomic E-state index is -0.869. The molecule has 192 valence electrons. The zero-order chi connectivity index (χ0) is 24.8. The van der Waals surface area contributed by atoms with Gasteiger partial charge in [0.15, 0.2) is 0 Å². The monoisotopic (exact) mass is 488 g/mol. The van der Waals surface area contributed by atoms with E-state index in [1.807, 2.05) is 19.9 Å². The summed E-state index contributed by atoms with van der Waals surface area (Å²) in [4.78, 5) is 42.0. The number of carbonyl (C=O) groups is 3. The van der Waals surface area contributed by atoms with Crippen molar-refractivity contribution in [2.75, 3.05) is 56.3 Å². The first kappa shape index (κ1) is 25.1. The van der Waals surface area contributed by atoms with E-state index in [9.17, 15) is 14.4 Å². The lowest BCUT2D eigenvalue weighted by Gasteiger charge is -2.31. The van der Waals surface area contributed by atoms with Gasteiger partial charge in [0.25, 0.3) is 5.91 Å². The first-order valence-corrected chi connectivity index (χ1v) is 12.7. The summed E-state index contributed by atoms with van der Waals surface area (Å²) in [5.41, 5.74) is 0.446. The van der Waals surface area contributed by atoms with Crippen molar-refractivity contribution in [3.8, 4) is 11.5 Å². The number of amides is 4. The van der Waals surface area contributed by atoms with Gasteiger partial charge in [-0.3, -0.25) is 14.5 Å². The van der Waals surface area contributed by atoms with E-state index in [-0.39, 0.29) is 12.5 Å². The Morgan fingerprint density at radius 3 is 2.34 bits per heavy atom. The molecule has 0 bridgehead atoms. The van der Waals surface area contributed by atoms with Gasteiger partial charge in [-0.25, -0.2) is 4.79 Å². The van der Waals surface area contributed by atoms with Crippen LogP contribution < -0.4 is 25.0 Å². The van der Waals surface area contributed by atoms with Crippen LogP contribution in [0.15, 0.2) is 12.1 Å². The Morgan fingerprint density at radius 1 is 1.03 bits per heavy atom. The maximum Gasteiger partial charge on any atom is 0.325 e. The molecular formula is C25H36N4O6. The number of nitrogens with one attached hydrogen (secondary N) is 2. The molecule has 10 heteroatoms. The van der Waals surface area contributed by atoms with Gasteiger partial charge in [0.2, 0.25) is 5.91 Å². The number of anilines is 2. The average molecular weight is 489 g/mol. The molecule has 2 aliphatic heterocycles. The van der Waals surface area contributed by atoms with Crippen LogP contribution in [0, 0.1) is 0 Å². The van der Waals surface area contributed by atoms with Gasteiger partial charge < -0.3 is 29.7 Å². The minimum absolute atomic E-state index is 0.303. The van der Waals surface area contributed by atoms with Crippen molar-refractivity contribution < 1.29 is 28.6 Å². The standard InChI is InChI=1S/C25H36N4O6/c1-3-34-20-16-19(28-11-13-33-14-12-28)21(35-4-2)15-18(20)26-22(30)17-29-23(31)25(27-24(29)32)9-7-5-6-8-10-25/h15-16H,3-14,17H2,1-2H3,(H,26,30)(H,27,32). The summed E-state index contributed by atoms with van der Waals surface area (Å²) in [6.45, 7) is 7.00. The third-order valence-electron chi connectivity index (χ3n) is 6.79. The average Bonchev–Trinajstić information content (AvgIpc) is 3.00. The number of hydrogen-bond acceptors (Lipinski definition) is 7. The lowest BCUT2D eigenvalue weighted by atomic mass is 9.90. The number of ether oxygens (including phenoxy) is 3. The zero-order valence-electron chi connectivity index (χ0n) is 20.7. The molecule has 1 spiro atoms. The normalized spacial score (nSPS) is 19.9. The first-order chi connectivity index (χ1) is 17.0. The fraction of sp³-hybridized carbons (Fsp3) is 0.640. The first-order valence-electron chi connectivity index (χ1n) is 12.7. The number of rotatable bonds is 8. The van der Waals surface area contributed by atoms with Gasteiger partial charge >= 0.3 is 6.03 Å². The quantitative estimate of drug-likeness (QED) is 0.542. The molecule has 0 unspecified atom stereocenters. The topological polar surface area (TPSA) is 109 Å². The van der Waals surface area contributed by atoms with Gasteiger partial charge in [-0.2, -0.15) is 0 Å². The Balaban J connectivity index is 1.52. The summed E-state index contributed by atoms with van der Waals surface area (Å²) in [5, 5.41) is 5.71. The minimum Gasteiger partial charge on any atom is -0.492 e. The Kier molecular flexibility index (Phi) is 8.00.